The van der Waals surface area contributed by atoms with Gasteiger partial charge in [0.1, 0.15) is 6.10 Å². The molecule has 6 nitrogen and oxygen atoms in total. The zero-order valence-corrected chi connectivity index (χ0v) is 41.5. The quantitative estimate of drug-likeness (QED) is 0.0321. The van der Waals surface area contributed by atoms with Gasteiger partial charge < -0.3 is 20.3 Å². The molecule has 3 unspecified atom stereocenters. The van der Waals surface area contributed by atoms with Crippen molar-refractivity contribution in [3.05, 3.63) is 36.5 Å². The number of rotatable bonds is 49. The molecule has 62 heavy (non-hydrogen) atoms. The fraction of sp³-hybridized carbons (Fsp3) is 0.857. The van der Waals surface area contributed by atoms with Crippen LogP contribution in [0.1, 0.15) is 284 Å². The summed E-state index contributed by atoms with van der Waals surface area (Å²) in [6, 6.07) is -0.710. The largest absolute Gasteiger partial charge is 0.462 e. The number of ether oxygens (including phenoxy) is 1. The summed E-state index contributed by atoms with van der Waals surface area (Å²) in [6.45, 7) is 6.37. The van der Waals surface area contributed by atoms with E-state index in [0.717, 1.165) is 70.6 Å². The normalized spacial score (nSPS) is 13.4. The highest BCUT2D eigenvalue weighted by Gasteiger charge is 2.24. The number of aliphatic hydroxyl groups is 2. The van der Waals surface area contributed by atoms with Gasteiger partial charge in [0, 0.05) is 6.42 Å². The van der Waals surface area contributed by atoms with Crippen molar-refractivity contribution in [2.24, 2.45) is 0 Å². The van der Waals surface area contributed by atoms with Gasteiger partial charge in [-0.15, -0.1) is 0 Å². The topological polar surface area (TPSA) is 95.9 Å². The first-order valence-corrected chi connectivity index (χ1v) is 27.2. The van der Waals surface area contributed by atoms with Gasteiger partial charge in [0.05, 0.1) is 25.2 Å². The summed E-state index contributed by atoms with van der Waals surface area (Å²) in [6.07, 6.45) is 59.3. The highest BCUT2D eigenvalue weighted by molar-refractivity contribution is 5.77. The molecule has 0 fully saturated rings. The van der Waals surface area contributed by atoms with Gasteiger partial charge in [-0.1, -0.05) is 263 Å². The van der Waals surface area contributed by atoms with E-state index in [-0.39, 0.29) is 24.9 Å². The minimum atomic E-state index is -0.794. The van der Waals surface area contributed by atoms with E-state index < -0.39 is 18.2 Å². The molecule has 0 saturated carbocycles. The predicted octanol–water partition coefficient (Wildman–Crippen LogP) is 16.5. The van der Waals surface area contributed by atoms with Gasteiger partial charge in [-0.2, -0.15) is 0 Å². The SMILES string of the molecule is CC/C=C/C=C/C=C\CCCCCC(CC(=O)NC(CO)C(O)CCCCCCCCCCCCCCCCCCC)OC(=O)CCCCCCCCCCCCCCCCC. The minimum absolute atomic E-state index is 0.0584. The minimum Gasteiger partial charge on any atom is -0.462 e. The maximum atomic E-state index is 13.2. The molecule has 364 valence electrons. The van der Waals surface area contributed by atoms with Crippen molar-refractivity contribution in [3.63, 3.8) is 0 Å². The monoisotopic (exact) mass is 872 g/mol. The summed E-state index contributed by atoms with van der Waals surface area (Å²) in [4.78, 5) is 26.1. The van der Waals surface area contributed by atoms with Crippen molar-refractivity contribution >= 4 is 11.9 Å². The van der Waals surface area contributed by atoms with Crippen LogP contribution < -0.4 is 5.32 Å². The fourth-order valence-electron chi connectivity index (χ4n) is 8.43. The van der Waals surface area contributed by atoms with Crippen LogP contribution in [0, 0.1) is 0 Å². The molecule has 3 N–H and O–H groups in total. The van der Waals surface area contributed by atoms with E-state index in [1.165, 1.54) is 167 Å². The van der Waals surface area contributed by atoms with Crippen LogP contribution in [0.3, 0.4) is 0 Å². The van der Waals surface area contributed by atoms with Crippen LogP contribution in [0.5, 0.6) is 0 Å². The van der Waals surface area contributed by atoms with E-state index in [4.69, 9.17) is 4.74 Å². The van der Waals surface area contributed by atoms with Crippen LogP contribution >= 0.6 is 0 Å². The first-order chi connectivity index (χ1) is 30.5. The zero-order chi connectivity index (χ0) is 45.2. The summed E-state index contributed by atoms with van der Waals surface area (Å²) in [5, 5.41) is 23.8. The van der Waals surface area contributed by atoms with Crippen LogP contribution in [-0.4, -0.2) is 46.9 Å². The molecule has 0 bridgehead atoms. The first kappa shape index (κ1) is 60.1. The molecule has 0 aromatic rings. The number of allylic oxidation sites excluding steroid dienone is 6. The Labute approximate surface area is 385 Å². The Balaban J connectivity index is 4.47. The first-order valence-electron chi connectivity index (χ1n) is 27.2. The van der Waals surface area contributed by atoms with Gasteiger partial charge in [-0.3, -0.25) is 9.59 Å². The van der Waals surface area contributed by atoms with Crippen LogP contribution in [0.2, 0.25) is 0 Å². The zero-order valence-electron chi connectivity index (χ0n) is 41.5. The van der Waals surface area contributed by atoms with Gasteiger partial charge in [0.25, 0.3) is 0 Å². The molecule has 0 rings (SSSR count). The Morgan fingerprint density at radius 1 is 0.484 bits per heavy atom. The summed E-state index contributed by atoms with van der Waals surface area (Å²) >= 11 is 0. The third-order valence-corrected chi connectivity index (χ3v) is 12.5. The fourth-order valence-corrected chi connectivity index (χ4v) is 8.43. The number of aliphatic hydroxyl groups excluding tert-OH is 2. The molecule has 0 spiro atoms. The molecule has 0 radical (unpaired) electrons. The number of carbonyl (C=O) groups is 2. The predicted molar refractivity (Wildman–Crippen MR) is 269 cm³/mol. The molecule has 0 saturated heterocycles. The Morgan fingerprint density at radius 2 is 0.871 bits per heavy atom. The van der Waals surface area contributed by atoms with Crippen molar-refractivity contribution < 1.29 is 24.5 Å². The van der Waals surface area contributed by atoms with Crippen molar-refractivity contribution in [2.75, 3.05) is 6.61 Å². The van der Waals surface area contributed by atoms with E-state index in [2.05, 4.69) is 56.5 Å². The summed E-state index contributed by atoms with van der Waals surface area (Å²) in [7, 11) is 0. The number of hydrogen-bond donors (Lipinski definition) is 3. The van der Waals surface area contributed by atoms with Crippen molar-refractivity contribution in [1.29, 1.82) is 0 Å². The summed E-state index contributed by atoms with van der Waals surface area (Å²) in [5.74, 6) is -0.496. The standard InChI is InChI=1S/C56H105NO5/c1-4-7-10-13-16-19-22-24-26-27-29-30-33-36-39-42-45-48-54(59)53(51-58)57-55(60)50-52(47-44-41-38-35-32-21-18-15-12-9-6-3)62-56(61)49-46-43-40-37-34-31-28-25-23-20-17-14-11-8-5-2/h9,12,15,18,21,32,52-54,58-59H,4-8,10-11,13-14,16-17,19-20,22-31,33-51H2,1-3H3,(H,57,60)/b12-9+,18-15+,32-21-. The molecule has 0 heterocycles. The van der Waals surface area contributed by atoms with Crippen molar-refractivity contribution in [2.45, 2.75) is 302 Å². The Bertz CT molecular complexity index is 1020. The third-order valence-electron chi connectivity index (χ3n) is 12.5. The van der Waals surface area contributed by atoms with E-state index in [1.807, 2.05) is 6.08 Å². The molecule has 6 heteroatoms. The number of carbonyl (C=O) groups excluding carboxylic acids is 2. The Kier molecular flexibility index (Phi) is 48.5. The lowest BCUT2D eigenvalue weighted by Crippen LogP contribution is -2.46. The second-order valence-corrected chi connectivity index (χ2v) is 18.7. The van der Waals surface area contributed by atoms with E-state index in [0.29, 0.717) is 19.3 Å². The number of nitrogens with one attached hydrogen (secondary N) is 1. The number of unbranched alkanes of at least 4 members (excludes halogenated alkanes) is 33. The lowest BCUT2D eigenvalue weighted by molar-refractivity contribution is -0.151. The highest BCUT2D eigenvalue weighted by atomic mass is 16.5. The second-order valence-electron chi connectivity index (χ2n) is 18.7. The maximum Gasteiger partial charge on any atom is 0.306 e. The van der Waals surface area contributed by atoms with Crippen LogP contribution in [0.25, 0.3) is 0 Å². The summed E-state index contributed by atoms with van der Waals surface area (Å²) < 4.78 is 5.92. The van der Waals surface area contributed by atoms with E-state index in [1.54, 1.807) is 0 Å². The number of hydrogen-bond acceptors (Lipinski definition) is 5. The maximum absolute atomic E-state index is 13.2. The van der Waals surface area contributed by atoms with Gasteiger partial charge in [0.15, 0.2) is 0 Å². The summed E-state index contributed by atoms with van der Waals surface area (Å²) in [5.41, 5.74) is 0. The van der Waals surface area contributed by atoms with Crippen LogP contribution in [-0.2, 0) is 14.3 Å². The van der Waals surface area contributed by atoms with Gasteiger partial charge in [0.2, 0.25) is 5.91 Å². The average molecular weight is 872 g/mol. The smallest absolute Gasteiger partial charge is 0.306 e. The molecular formula is C56H105NO5. The highest BCUT2D eigenvalue weighted by Crippen LogP contribution is 2.18. The second kappa shape index (κ2) is 50.1. The van der Waals surface area contributed by atoms with Gasteiger partial charge >= 0.3 is 5.97 Å². The molecule has 0 aromatic carbocycles. The molecular weight excluding hydrogens is 767 g/mol. The van der Waals surface area contributed by atoms with Crippen molar-refractivity contribution in [1.82, 2.24) is 5.32 Å². The lowest BCUT2D eigenvalue weighted by Gasteiger charge is -2.24. The van der Waals surface area contributed by atoms with Gasteiger partial charge in [-0.05, 0) is 44.9 Å². The Morgan fingerprint density at radius 3 is 1.31 bits per heavy atom. The molecule has 1 amide bonds. The lowest BCUT2D eigenvalue weighted by atomic mass is 10.0. The molecule has 3 atom stereocenters. The molecule has 0 aliphatic rings. The molecule has 0 aliphatic carbocycles. The van der Waals surface area contributed by atoms with Crippen molar-refractivity contribution in [3.8, 4) is 0 Å². The average Bonchev–Trinajstić information content (AvgIpc) is 3.26. The molecule has 0 aromatic heterocycles. The third kappa shape index (κ3) is 44.7. The van der Waals surface area contributed by atoms with E-state index >= 15 is 0 Å². The number of esters is 1. The van der Waals surface area contributed by atoms with Crippen LogP contribution in [0.15, 0.2) is 36.5 Å². The van der Waals surface area contributed by atoms with E-state index in [9.17, 15) is 19.8 Å². The number of amides is 1. The Hall–Kier alpha value is -1.92. The van der Waals surface area contributed by atoms with Crippen LogP contribution in [0.4, 0.5) is 0 Å². The van der Waals surface area contributed by atoms with Gasteiger partial charge in [-0.25, -0.2) is 0 Å². The molecule has 0 aliphatic heterocycles.